The molecule has 0 saturated heterocycles. The summed E-state index contributed by atoms with van der Waals surface area (Å²) in [6.45, 7) is 0. The van der Waals surface area contributed by atoms with Gasteiger partial charge in [-0.3, -0.25) is 9.98 Å². The largest absolute Gasteiger partial charge is 0.399 e. The molecule has 192 valence electrons. The lowest BCUT2D eigenvalue weighted by molar-refractivity contribution is 0.292. The molecule has 5 heteroatoms. The van der Waals surface area contributed by atoms with Crippen molar-refractivity contribution in [3.63, 3.8) is 0 Å². The minimum atomic E-state index is 0.464. The van der Waals surface area contributed by atoms with E-state index in [1.165, 1.54) is 51.9 Å². The van der Waals surface area contributed by atoms with Gasteiger partial charge in [-0.25, -0.2) is 0 Å². The second kappa shape index (κ2) is 8.84. The summed E-state index contributed by atoms with van der Waals surface area (Å²) in [5.41, 5.74) is 18.9. The number of hydrogen-bond acceptors (Lipinski definition) is 4. The first-order valence-electron chi connectivity index (χ1n) is 14.1. The van der Waals surface area contributed by atoms with Gasteiger partial charge < -0.3 is 15.2 Å². The Balaban J connectivity index is 1.36. The molecular formula is C34H31N5. The van der Waals surface area contributed by atoms with Crippen molar-refractivity contribution in [3.05, 3.63) is 107 Å². The van der Waals surface area contributed by atoms with Gasteiger partial charge in [-0.05, 0) is 72.7 Å². The summed E-state index contributed by atoms with van der Waals surface area (Å²) < 4.78 is 2.41. The number of fused-ring (bicyclic) bond motifs is 6. The van der Waals surface area contributed by atoms with Crippen LogP contribution in [-0.2, 0) is 19.3 Å². The molecule has 5 nitrogen and oxygen atoms in total. The SMILES string of the molecule is Nc1cc(N2C3=C(CCc4ccccc42)C2CCC2N=C3)cc(-n2c3c(c4ccccc42)CC=N/C=C\C3)c1. The van der Waals surface area contributed by atoms with Crippen LogP contribution in [-0.4, -0.2) is 23.0 Å². The second-order valence-corrected chi connectivity index (χ2v) is 11.1. The molecule has 0 radical (unpaired) electrons. The zero-order valence-corrected chi connectivity index (χ0v) is 21.9. The molecule has 4 aromatic rings. The second-order valence-electron chi connectivity index (χ2n) is 11.1. The van der Waals surface area contributed by atoms with Crippen LogP contribution < -0.4 is 10.6 Å². The van der Waals surface area contributed by atoms with Gasteiger partial charge in [0.25, 0.3) is 0 Å². The van der Waals surface area contributed by atoms with Crippen molar-refractivity contribution in [2.45, 2.75) is 44.6 Å². The first-order valence-corrected chi connectivity index (χ1v) is 14.1. The normalized spacial score (nSPS) is 22.2. The van der Waals surface area contributed by atoms with E-state index in [4.69, 9.17) is 10.7 Å². The van der Waals surface area contributed by atoms with Gasteiger partial charge in [0.2, 0.25) is 0 Å². The van der Waals surface area contributed by atoms with E-state index < -0.39 is 0 Å². The molecule has 2 N–H and O–H groups in total. The lowest BCUT2D eigenvalue weighted by Crippen LogP contribution is -2.37. The van der Waals surface area contributed by atoms with Crippen molar-refractivity contribution in [2.24, 2.45) is 15.9 Å². The number of anilines is 3. The number of nitrogen functional groups attached to an aromatic ring is 1. The van der Waals surface area contributed by atoms with E-state index in [2.05, 4.69) is 93.5 Å². The van der Waals surface area contributed by atoms with E-state index >= 15 is 0 Å². The van der Waals surface area contributed by atoms with Crippen LogP contribution >= 0.6 is 0 Å². The maximum Gasteiger partial charge on any atom is 0.0635 e. The van der Waals surface area contributed by atoms with Gasteiger partial charge >= 0.3 is 0 Å². The van der Waals surface area contributed by atoms with Crippen LogP contribution in [0.25, 0.3) is 16.6 Å². The van der Waals surface area contributed by atoms with Crippen molar-refractivity contribution in [1.29, 1.82) is 0 Å². The van der Waals surface area contributed by atoms with Crippen LogP contribution in [0.3, 0.4) is 0 Å². The molecule has 1 aliphatic carbocycles. The minimum Gasteiger partial charge on any atom is -0.399 e. The number of hydrogen-bond donors (Lipinski definition) is 1. The van der Waals surface area contributed by atoms with Gasteiger partial charge in [0.1, 0.15) is 0 Å². The summed E-state index contributed by atoms with van der Waals surface area (Å²) in [7, 11) is 0. The number of benzene rings is 3. The van der Waals surface area contributed by atoms with Crippen LogP contribution in [0.2, 0.25) is 0 Å². The average Bonchev–Trinajstić information content (AvgIpc) is 3.11. The molecule has 1 fully saturated rings. The monoisotopic (exact) mass is 509 g/mol. The molecule has 3 aliphatic heterocycles. The number of nitrogens with zero attached hydrogens (tertiary/aromatic N) is 4. The topological polar surface area (TPSA) is 58.9 Å². The molecule has 1 saturated carbocycles. The van der Waals surface area contributed by atoms with Crippen LogP contribution in [0.4, 0.5) is 17.1 Å². The number of nitrogens with two attached hydrogens (primary N) is 1. The number of aryl methyl sites for hydroxylation is 1. The fourth-order valence-electron chi connectivity index (χ4n) is 7.04. The van der Waals surface area contributed by atoms with E-state index in [0.29, 0.717) is 12.0 Å². The highest BCUT2D eigenvalue weighted by Crippen LogP contribution is 2.47. The highest BCUT2D eigenvalue weighted by atomic mass is 15.2. The number of rotatable bonds is 2. The third-order valence-corrected chi connectivity index (χ3v) is 8.97. The van der Waals surface area contributed by atoms with E-state index in [0.717, 1.165) is 42.7 Å². The van der Waals surface area contributed by atoms with E-state index in [9.17, 15) is 0 Å². The van der Waals surface area contributed by atoms with Crippen molar-refractivity contribution < 1.29 is 0 Å². The molecule has 3 aromatic carbocycles. The summed E-state index contributed by atoms with van der Waals surface area (Å²) >= 11 is 0. The quantitative estimate of drug-likeness (QED) is 0.293. The van der Waals surface area contributed by atoms with Gasteiger partial charge in [0.15, 0.2) is 0 Å². The van der Waals surface area contributed by atoms with E-state index in [1.54, 1.807) is 5.57 Å². The third-order valence-electron chi connectivity index (χ3n) is 8.97. The first kappa shape index (κ1) is 22.6. The zero-order valence-electron chi connectivity index (χ0n) is 21.9. The Morgan fingerprint density at radius 3 is 2.67 bits per heavy atom. The summed E-state index contributed by atoms with van der Waals surface area (Å²) in [6, 6.07) is 24.5. The van der Waals surface area contributed by atoms with Crippen molar-refractivity contribution in [3.8, 4) is 5.69 Å². The molecule has 0 amide bonds. The van der Waals surface area contributed by atoms with E-state index in [1.807, 2.05) is 12.4 Å². The first-order chi connectivity index (χ1) is 19.3. The molecule has 39 heavy (non-hydrogen) atoms. The highest BCUT2D eigenvalue weighted by molar-refractivity contribution is 5.94. The Kier molecular flexibility index (Phi) is 5.12. The Labute approximate surface area is 228 Å². The molecule has 8 rings (SSSR count). The van der Waals surface area contributed by atoms with Gasteiger partial charge in [0.05, 0.1) is 22.9 Å². The summed E-state index contributed by atoms with van der Waals surface area (Å²) in [5, 5.41) is 1.28. The lowest BCUT2D eigenvalue weighted by Gasteiger charge is -2.41. The fourth-order valence-corrected chi connectivity index (χ4v) is 7.04. The Hall–Kier alpha value is -4.38. The number of dihydropyridines is 1. The molecule has 0 bridgehead atoms. The summed E-state index contributed by atoms with van der Waals surface area (Å²) in [5.74, 6) is 0.573. The van der Waals surface area contributed by atoms with Gasteiger partial charge in [-0.15, -0.1) is 0 Å². The average molecular weight is 510 g/mol. The summed E-state index contributed by atoms with van der Waals surface area (Å²) in [6.07, 6.45) is 14.4. The molecular weight excluding hydrogens is 478 g/mol. The van der Waals surface area contributed by atoms with Crippen molar-refractivity contribution in [1.82, 2.24) is 4.57 Å². The Morgan fingerprint density at radius 2 is 1.74 bits per heavy atom. The summed E-state index contributed by atoms with van der Waals surface area (Å²) in [4.78, 5) is 11.9. The van der Waals surface area contributed by atoms with E-state index in [-0.39, 0.29) is 0 Å². The molecule has 1 aromatic heterocycles. The van der Waals surface area contributed by atoms with Gasteiger partial charge in [0, 0.05) is 65.5 Å². The number of aromatic nitrogens is 1. The molecule has 4 heterocycles. The minimum absolute atomic E-state index is 0.464. The van der Waals surface area contributed by atoms with Crippen molar-refractivity contribution in [2.75, 3.05) is 10.6 Å². The fraction of sp³-hybridized carbons (Fsp3) is 0.235. The Morgan fingerprint density at radius 1 is 0.872 bits per heavy atom. The number of allylic oxidation sites excluding steroid dienone is 2. The van der Waals surface area contributed by atoms with Gasteiger partial charge in [-0.1, -0.05) is 42.5 Å². The standard InChI is InChI=1S/C34H31N5/c35-23-18-24(38-31-8-3-1-6-22(31)11-12-28-26-13-14-30(26)37-21-34(28)38)20-25(19-23)39-32-9-4-2-7-27(32)29-15-17-36-16-5-10-33(29)39/h1-9,16-21,26,30H,10-15,35H2/b16-5-,36-17?. The maximum atomic E-state index is 6.71. The van der Waals surface area contributed by atoms with Crippen LogP contribution in [0, 0.1) is 5.92 Å². The number of para-hydroxylation sites is 2. The van der Waals surface area contributed by atoms with Crippen LogP contribution in [0.1, 0.15) is 36.1 Å². The lowest BCUT2D eigenvalue weighted by atomic mass is 9.71. The molecule has 2 unspecified atom stereocenters. The predicted octanol–water partition coefficient (Wildman–Crippen LogP) is 7.10. The van der Waals surface area contributed by atoms with Crippen LogP contribution in [0.5, 0.6) is 0 Å². The Bertz CT molecular complexity index is 1750. The van der Waals surface area contributed by atoms with Crippen LogP contribution in [0.15, 0.2) is 100 Å². The smallest absolute Gasteiger partial charge is 0.0635 e. The zero-order chi connectivity index (χ0) is 25.9. The third kappa shape index (κ3) is 3.53. The van der Waals surface area contributed by atoms with Crippen molar-refractivity contribution >= 4 is 40.4 Å². The van der Waals surface area contributed by atoms with Gasteiger partial charge in [-0.2, -0.15) is 0 Å². The highest BCUT2D eigenvalue weighted by Gasteiger charge is 2.39. The molecule has 0 spiro atoms. The number of aliphatic imine (C=N–C) groups is 2. The molecule has 2 atom stereocenters. The predicted molar refractivity (Wildman–Crippen MR) is 162 cm³/mol. The molecule has 4 aliphatic rings. The maximum absolute atomic E-state index is 6.71.